The fourth-order valence-corrected chi connectivity index (χ4v) is 3.25. The molecule has 29 heavy (non-hydrogen) atoms. The summed E-state index contributed by atoms with van der Waals surface area (Å²) in [5.41, 5.74) is 0.631. The highest BCUT2D eigenvalue weighted by atomic mass is 32.1. The lowest BCUT2D eigenvalue weighted by Gasteiger charge is -2.07. The molecule has 0 spiro atoms. The van der Waals surface area contributed by atoms with Crippen LogP contribution in [0.25, 0.3) is 0 Å². The van der Waals surface area contributed by atoms with Crippen LogP contribution in [0.15, 0.2) is 83.7 Å². The Bertz CT molecular complexity index is 1110. The van der Waals surface area contributed by atoms with Crippen molar-refractivity contribution in [3.8, 4) is 11.5 Å². The van der Waals surface area contributed by atoms with Crippen molar-refractivity contribution in [1.82, 2.24) is 4.98 Å². The minimum Gasteiger partial charge on any atom is -0.459 e. The maximum Gasteiger partial charge on any atom is 0.291 e. The van der Waals surface area contributed by atoms with Crippen LogP contribution in [0.5, 0.6) is 11.5 Å². The van der Waals surface area contributed by atoms with E-state index in [1.807, 2.05) is 0 Å². The lowest BCUT2D eigenvalue weighted by Crippen LogP contribution is -2.10. The first-order valence-corrected chi connectivity index (χ1v) is 9.43. The van der Waals surface area contributed by atoms with E-state index in [-0.39, 0.29) is 17.6 Å². The third-order valence-electron chi connectivity index (χ3n) is 3.81. The van der Waals surface area contributed by atoms with E-state index in [0.29, 0.717) is 27.1 Å². The molecule has 1 aromatic carbocycles. The van der Waals surface area contributed by atoms with Gasteiger partial charge in [-0.15, -0.1) is 11.3 Å². The Labute approximate surface area is 170 Å². The number of benzene rings is 1. The second-order valence-corrected chi connectivity index (χ2v) is 6.94. The number of furan rings is 1. The second kappa shape index (κ2) is 8.41. The molecule has 7 nitrogen and oxygen atoms in total. The van der Waals surface area contributed by atoms with Crippen LogP contribution in [0.4, 0.5) is 10.7 Å². The Morgan fingerprint density at radius 2 is 1.62 bits per heavy atom. The summed E-state index contributed by atoms with van der Waals surface area (Å²) in [5, 5.41) is 6.07. The monoisotopic (exact) mass is 405 g/mol. The van der Waals surface area contributed by atoms with Crippen molar-refractivity contribution in [3.63, 3.8) is 0 Å². The van der Waals surface area contributed by atoms with Crippen LogP contribution in [0.3, 0.4) is 0 Å². The number of aromatic nitrogens is 1. The molecule has 0 aliphatic heterocycles. The predicted octanol–water partition coefficient (Wildman–Crippen LogP) is 5.03. The second-order valence-electron chi connectivity index (χ2n) is 5.86. The van der Waals surface area contributed by atoms with Gasteiger partial charge in [-0.25, -0.2) is 0 Å². The standard InChI is InChI=1S/C21H15N3O4S/c25-20(17-2-1-13-27-17)24-19-8-7-18(29-19)21(26)23-14-3-5-15(6-4-14)28-16-9-11-22-12-10-16/h1-13H,(H,23,26)(H,24,25). The summed E-state index contributed by atoms with van der Waals surface area (Å²) in [6.07, 6.45) is 4.72. The van der Waals surface area contributed by atoms with Gasteiger partial charge in [0.2, 0.25) is 0 Å². The van der Waals surface area contributed by atoms with Gasteiger partial charge >= 0.3 is 0 Å². The quantitative estimate of drug-likeness (QED) is 0.469. The highest BCUT2D eigenvalue weighted by Crippen LogP contribution is 2.25. The van der Waals surface area contributed by atoms with Crippen LogP contribution >= 0.6 is 11.3 Å². The van der Waals surface area contributed by atoms with Crippen LogP contribution in [-0.2, 0) is 0 Å². The SMILES string of the molecule is O=C(Nc1ccc(C(=O)Nc2ccc(Oc3ccncc3)cc2)s1)c1ccco1. The van der Waals surface area contributed by atoms with E-state index in [1.54, 1.807) is 73.1 Å². The number of nitrogens with one attached hydrogen (secondary N) is 2. The molecule has 0 unspecified atom stereocenters. The molecule has 3 aromatic heterocycles. The molecule has 0 aliphatic rings. The number of carbonyl (C=O) groups is 2. The summed E-state index contributed by atoms with van der Waals surface area (Å²) in [6, 6.07) is 17.1. The number of thiophene rings is 1. The number of hydrogen-bond donors (Lipinski definition) is 2. The molecule has 0 saturated heterocycles. The van der Waals surface area contributed by atoms with Gasteiger partial charge in [-0.1, -0.05) is 0 Å². The molecule has 144 valence electrons. The van der Waals surface area contributed by atoms with E-state index in [2.05, 4.69) is 15.6 Å². The minimum absolute atomic E-state index is 0.207. The van der Waals surface area contributed by atoms with Gasteiger partial charge in [0.1, 0.15) is 11.5 Å². The predicted molar refractivity (Wildman–Crippen MR) is 110 cm³/mol. The molecule has 0 radical (unpaired) electrons. The van der Waals surface area contributed by atoms with Gasteiger partial charge in [0, 0.05) is 18.1 Å². The van der Waals surface area contributed by atoms with E-state index in [1.165, 1.54) is 17.6 Å². The van der Waals surface area contributed by atoms with E-state index in [9.17, 15) is 9.59 Å². The number of pyridine rings is 1. The van der Waals surface area contributed by atoms with Gasteiger partial charge in [0.25, 0.3) is 11.8 Å². The van der Waals surface area contributed by atoms with Gasteiger partial charge < -0.3 is 19.8 Å². The molecule has 4 rings (SSSR count). The molecule has 3 heterocycles. The molecule has 2 N–H and O–H groups in total. The average Bonchev–Trinajstić information content (AvgIpc) is 3.42. The Morgan fingerprint density at radius 1 is 0.862 bits per heavy atom. The fraction of sp³-hybridized carbons (Fsp3) is 0. The molecule has 0 atom stereocenters. The molecular weight excluding hydrogens is 390 g/mol. The summed E-state index contributed by atoms with van der Waals surface area (Å²) < 4.78 is 10.7. The largest absolute Gasteiger partial charge is 0.459 e. The summed E-state index contributed by atoms with van der Waals surface area (Å²) in [6.45, 7) is 0. The number of ether oxygens (including phenoxy) is 1. The van der Waals surface area contributed by atoms with E-state index in [0.717, 1.165) is 0 Å². The number of hydrogen-bond acceptors (Lipinski definition) is 6. The van der Waals surface area contributed by atoms with E-state index in [4.69, 9.17) is 9.15 Å². The van der Waals surface area contributed by atoms with Crippen molar-refractivity contribution in [2.24, 2.45) is 0 Å². The smallest absolute Gasteiger partial charge is 0.291 e. The molecule has 8 heteroatoms. The van der Waals surface area contributed by atoms with Gasteiger partial charge in [-0.05, 0) is 60.7 Å². The zero-order valence-electron chi connectivity index (χ0n) is 15.0. The van der Waals surface area contributed by atoms with Crippen molar-refractivity contribution < 1.29 is 18.7 Å². The normalized spacial score (nSPS) is 10.3. The Hall–Kier alpha value is -3.91. The molecule has 4 aromatic rings. The number of rotatable bonds is 6. The van der Waals surface area contributed by atoms with Crippen LogP contribution < -0.4 is 15.4 Å². The zero-order valence-corrected chi connectivity index (χ0v) is 15.8. The van der Waals surface area contributed by atoms with Crippen LogP contribution in [0.1, 0.15) is 20.2 Å². The first kappa shape index (κ1) is 18.5. The maximum absolute atomic E-state index is 12.4. The summed E-state index contributed by atoms with van der Waals surface area (Å²) in [4.78, 5) is 28.8. The van der Waals surface area contributed by atoms with E-state index >= 15 is 0 Å². The summed E-state index contributed by atoms with van der Waals surface area (Å²) >= 11 is 1.17. The number of carbonyl (C=O) groups excluding carboxylic acids is 2. The number of amides is 2. The van der Waals surface area contributed by atoms with Crippen molar-refractivity contribution in [2.75, 3.05) is 10.6 Å². The Morgan fingerprint density at radius 3 is 2.34 bits per heavy atom. The van der Waals surface area contributed by atoms with E-state index < -0.39 is 0 Å². The fourth-order valence-electron chi connectivity index (χ4n) is 2.45. The van der Waals surface area contributed by atoms with Crippen molar-refractivity contribution >= 4 is 33.8 Å². The number of nitrogens with zero attached hydrogens (tertiary/aromatic N) is 1. The van der Waals surface area contributed by atoms with Crippen LogP contribution in [0, 0.1) is 0 Å². The van der Waals surface area contributed by atoms with Crippen molar-refractivity contribution in [1.29, 1.82) is 0 Å². The van der Waals surface area contributed by atoms with Gasteiger partial charge in [-0.2, -0.15) is 0 Å². The third-order valence-corrected chi connectivity index (χ3v) is 4.81. The topological polar surface area (TPSA) is 93.5 Å². The lowest BCUT2D eigenvalue weighted by molar-refractivity contribution is 0.0995. The molecule has 0 aliphatic carbocycles. The number of anilines is 2. The molecule has 0 fully saturated rings. The third kappa shape index (κ3) is 4.69. The van der Waals surface area contributed by atoms with Gasteiger partial charge in [0.15, 0.2) is 5.76 Å². The van der Waals surface area contributed by atoms with Gasteiger partial charge in [-0.3, -0.25) is 14.6 Å². The highest BCUT2D eigenvalue weighted by Gasteiger charge is 2.13. The van der Waals surface area contributed by atoms with Crippen LogP contribution in [-0.4, -0.2) is 16.8 Å². The van der Waals surface area contributed by atoms with Gasteiger partial charge in [0.05, 0.1) is 16.1 Å². The summed E-state index contributed by atoms with van der Waals surface area (Å²) in [7, 11) is 0. The van der Waals surface area contributed by atoms with Crippen molar-refractivity contribution in [3.05, 3.63) is 90.0 Å². The minimum atomic E-state index is -0.367. The first-order valence-electron chi connectivity index (χ1n) is 8.61. The van der Waals surface area contributed by atoms with Crippen LogP contribution in [0.2, 0.25) is 0 Å². The molecule has 0 saturated carbocycles. The summed E-state index contributed by atoms with van der Waals surface area (Å²) in [5.74, 6) is 0.899. The Balaban J connectivity index is 1.35. The van der Waals surface area contributed by atoms with Crippen molar-refractivity contribution in [2.45, 2.75) is 0 Å². The Kier molecular flexibility index (Phi) is 5.35. The zero-order chi connectivity index (χ0) is 20.1. The molecule has 0 bridgehead atoms. The molecular formula is C21H15N3O4S. The average molecular weight is 405 g/mol. The maximum atomic E-state index is 12.4. The first-order chi connectivity index (χ1) is 14.2. The lowest BCUT2D eigenvalue weighted by atomic mass is 10.3. The highest BCUT2D eigenvalue weighted by molar-refractivity contribution is 7.18. The molecule has 2 amide bonds.